The molecule has 17 heavy (non-hydrogen) atoms. The lowest BCUT2D eigenvalue weighted by atomic mass is 9.68. The number of nitrogens with zero attached hydrogens (tertiary/aromatic N) is 2. The minimum atomic E-state index is 0.164. The third kappa shape index (κ3) is 1.66. The van der Waals surface area contributed by atoms with E-state index in [0.29, 0.717) is 5.96 Å². The zero-order valence-corrected chi connectivity index (χ0v) is 11.4. The number of hydrogen-bond acceptors (Lipinski definition) is 3. The van der Waals surface area contributed by atoms with E-state index in [1.807, 2.05) is 0 Å². The molecule has 1 aliphatic heterocycles. The SMILES string of the molecule is CC1CC2(CN=C(N)N2c2ccc(Br)cc2)C1. The number of nitrogens with two attached hydrogens (primary N) is 1. The Hall–Kier alpha value is -1.03. The van der Waals surface area contributed by atoms with Gasteiger partial charge in [0.25, 0.3) is 0 Å². The molecule has 0 amide bonds. The Balaban J connectivity index is 1.94. The van der Waals surface area contributed by atoms with Crippen LogP contribution in [0.15, 0.2) is 33.7 Å². The maximum absolute atomic E-state index is 6.04. The van der Waals surface area contributed by atoms with Gasteiger partial charge in [-0.15, -0.1) is 0 Å². The molecular weight excluding hydrogens is 278 g/mol. The minimum Gasteiger partial charge on any atom is -0.369 e. The van der Waals surface area contributed by atoms with Crippen LogP contribution in [0.2, 0.25) is 0 Å². The number of hydrogen-bond donors (Lipinski definition) is 1. The number of rotatable bonds is 1. The van der Waals surface area contributed by atoms with Crippen molar-refractivity contribution in [3.63, 3.8) is 0 Å². The summed E-state index contributed by atoms with van der Waals surface area (Å²) in [7, 11) is 0. The van der Waals surface area contributed by atoms with Gasteiger partial charge in [0.05, 0.1) is 12.1 Å². The summed E-state index contributed by atoms with van der Waals surface area (Å²) in [4.78, 5) is 6.66. The highest BCUT2D eigenvalue weighted by molar-refractivity contribution is 9.10. The molecule has 1 fully saturated rings. The van der Waals surface area contributed by atoms with E-state index >= 15 is 0 Å². The largest absolute Gasteiger partial charge is 0.369 e. The Bertz CT molecular complexity index is 460. The Morgan fingerprint density at radius 2 is 2.00 bits per heavy atom. The molecule has 2 N–H and O–H groups in total. The quantitative estimate of drug-likeness (QED) is 0.865. The van der Waals surface area contributed by atoms with E-state index in [4.69, 9.17) is 5.73 Å². The lowest BCUT2D eigenvalue weighted by molar-refractivity contribution is 0.182. The molecule has 1 aliphatic carbocycles. The van der Waals surface area contributed by atoms with E-state index in [0.717, 1.165) is 22.6 Å². The Labute approximate surface area is 110 Å². The smallest absolute Gasteiger partial charge is 0.196 e. The van der Waals surface area contributed by atoms with Crippen LogP contribution in [0.25, 0.3) is 0 Å². The summed E-state index contributed by atoms with van der Waals surface area (Å²) >= 11 is 3.46. The van der Waals surface area contributed by atoms with Crippen LogP contribution in [0.1, 0.15) is 19.8 Å². The van der Waals surface area contributed by atoms with Gasteiger partial charge in [0.2, 0.25) is 0 Å². The van der Waals surface area contributed by atoms with Crippen molar-refractivity contribution in [1.82, 2.24) is 0 Å². The van der Waals surface area contributed by atoms with Crippen molar-refractivity contribution in [1.29, 1.82) is 0 Å². The van der Waals surface area contributed by atoms with Crippen LogP contribution in [0.3, 0.4) is 0 Å². The van der Waals surface area contributed by atoms with Crippen molar-refractivity contribution in [2.24, 2.45) is 16.6 Å². The van der Waals surface area contributed by atoms with Gasteiger partial charge in [0, 0.05) is 10.2 Å². The van der Waals surface area contributed by atoms with E-state index < -0.39 is 0 Å². The van der Waals surface area contributed by atoms with Gasteiger partial charge in [0.1, 0.15) is 0 Å². The van der Waals surface area contributed by atoms with E-state index in [1.165, 1.54) is 12.8 Å². The Morgan fingerprint density at radius 3 is 2.59 bits per heavy atom. The highest BCUT2D eigenvalue weighted by Gasteiger charge is 2.51. The molecule has 0 saturated heterocycles. The fourth-order valence-corrected chi connectivity index (χ4v) is 3.42. The second kappa shape index (κ2) is 3.73. The van der Waals surface area contributed by atoms with Gasteiger partial charge < -0.3 is 10.6 Å². The van der Waals surface area contributed by atoms with E-state index in [1.54, 1.807) is 0 Å². The molecule has 3 rings (SSSR count). The first-order valence-corrected chi connectivity index (χ1v) is 6.76. The zero-order chi connectivity index (χ0) is 12.0. The van der Waals surface area contributed by atoms with Gasteiger partial charge in [-0.1, -0.05) is 22.9 Å². The first-order valence-electron chi connectivity index (χ1n) is 5.96. The van der Waals surface area contributed by atoms with Crippen molar-refractivity contribution < 1.29 is 0 Å². The Kier molecular flexibility index (Phi) is 2.43. The summed E-state index contributed by atoms with van der Waals surface area (Å²) in [6.45, 7) is 3.14. The predicted octanol–water partition coefficient (Wildman–Crippen LogP) is 2.75. The van der Waals surface area contributed by atoms with Crippen LogP contribution in [-0.2, 0) is 0 Å². The molecule has 1 heterocycles. The monoisotopic (exact) mass is 293 g/mol. The minimum absolute atomic E-state index is 0.164. The van der Waals surface area contributed by atoms with Crippen LogP contribution >= 0.6 is 15.9 Å². The molecule has 90 valence electrons. The van der Waals surface area contributed by atoms with Crippen LogP contribution in [0.5, 0.6) is 0 Å². The average Bonchev–Trinajstić information content (AvgIpc) is 2.58. The fourth-order valence-electron chi connectivity index (χ4n) is 3.16. The number of aliphatic imine (C=N–C) groups is 1. The van der Waals surface area contributed by atoms with Gasteiger partial charge in [-0.25, -0.2) is 0 Å². The van der Waals surface area contributed by atoms with Crippen molar-refractivity contribution in [2.75, 3.05) is 11.4 Å². The summed E-state index contributed by atoms with van der Waals surface area (Å²) in [5, 5.41) is 0. The zero-order valence-electron chi connectivity index (χ0n) is 9.86. The summed E-state index contributed by atoms with van der Waals surface area (Å²) in [6, 6.07) is 8.30. The molecule has 0 bridgehead atoms. The molecule has 0 radical (unpaired) electrons. The van der Waals surface area contributed by atoms with Gasteiger partial charge in [0.15, 0.2) is 5.96 Å². The second-order valence-electron chi connectivity index (χ2n) is 5.22. The third-order valence-electron chi connectivity index (χ3n) is 3.78. The first kappa shape index (κ1) is 11.1. The first-order chi connectivity index (χ1) is 8.11. The van der Waals surface area contributed by atoms with Gasteiger partial charge in [-0.2, -0.15) is 0 Å². The fraction of sp³-hybridized carbons (Fsp3) is 0.462. The predicted molar refractivity (Wildman–Crippen MR) is 74.2 cm³/mol. The molecule has 0 unspecified atom stereocenters. The molecule has 2 aliphatic rings. The normalized spacial score (nSPS) is 31.5. The molecule has 3 nitrogen and oxygen atoms in total. The molecule has 1 spiro atoms. The standard InChI is InChI=1S/C13H16BrN3/c1-9-6-13(7-9)8-16-12(15)17(13)11-4-2-10(14)3-5-11/h2-5,9H,6-8H2,1H3,(H2,15,16). The topological polar surface area (TPSA) is 41.6 Å². The van der Waals surface area contributed by atoms with Gasteiger partial charge in [-0.3, -0.25) is 4.99 Å². The molecule has 1 aromatic rings. The number of halogens is 1. The molecule has 1 aromatic carbocycles. The van der Waals surface area contributed by atoms with E-state index in [9.17, 15) is 0 Å². The highest BCUT2D eigenvalue weighted by Crippen LogP contribution is 2.46. The van der Waals surface area contributed by atoms with Crippen molar-refractivity contribution in [3.05, 3.63) is 28.7 Å². The average molecular weight is 294 g/mol. The number of guanidine groups is 1. The van der Waals surface area contributed by atoms with Gasteiger partial charge >= 0.3 is 0 Å². The highest BCUT2D eigenvalue weighted by atomic mass is 79.9. The second-order valence-corrected chi connectivity index (χ2v) is 6.14. The molecule has 1 saturated carbocycles. The summed E-state index contributed by atoms with van der Waals surface area (Å²) in [5.74, 6) is 1.45. The maximum Gasteiger partial charge on any atom is 0.196 e. The molecular formula is C13H16BrN3. The molecule has 0 atom stereocenters. The van der Waals surface area contributed by atoms with Crippen LogP contribution in [0.4, 0.5) is 5.69 Å². The number of benzene rings is 1. The lowest BCUT2D eigenvalue weighted by Gasteiger charge is -2.49. The van der Waals surface area contributed by atoms with Crippen molar-refractivity contribution in [3.8, 4) is 0 Å². The lowest BCUT2D eigenvalue weighted by Crippen LogP contribution is -2.59. The Morgan fingerprint density at radius 1 is 1.35 bits per heavy atom. The number of anilines is 1. The van der Waals surface area contributed by atoms with Crippen molar-refractivity contribution >= 4 is 27.6 Å². The molecule has 4 heteroatoms. The summed E-state index contributed by atoms with van der Waals surface area (Å²) in [5.41, 5.74) is 7.36. The maximum atomic E-state index is 6.04. The third-order valence-corrected chi connectivity index (χ3v) is 4.31. The van der Waals surface area contributed by atoms with Crippen LogP contribution in [0, 0.1) is 5.92 Å². The van der Waals surface area contributed by atoms with Gasteiger partial charge in [-0.05, 0) is 43.0 Å². The van der Waals surface area contributed by atoms with Crippen molar-refractivity contribution in [2.45, 2.75) is 25.3 Å². The van der Waals surface area contributed by atoms with E-state index in [-0.39, 0.29) is 5.54 Å². The van der Waals surface area contributed by atoms with Crippen LogP contribution in [-0.4, -0.2) is 18.0 Å². The molecule has 0 aromatic heterocycles. The summed E-state index contributed by atoms with van der Waals surface area (Å²) in [6.07, 6.45) is 2.38. The summed E-state index contributed by atoms with van der Waals surface area (Å²) < 4.78 is 1.09. The van der Waals surface area contributed by atoms with E-state index in [2.05, 4.69) is 57.0 Å². The van der Waals surface area contributed by atoms with Crippen LogP contribution < -0.4 is 10.6 Å².